The van der Waals surface area contributed by atoms with E-state index in [9.17, 15) is 4.39 Å². The van der Waals surface area contributed by atoms with Crippen molar-refractivity contribution in [3.05, 3.63) is 35.7 Å². The van der Waals surface area contributed by atoms with E-state index < -0.39 is 0 Å². The van der Waals surface area contributed by atoms with Crippen LogP contribution in [0.1, 0.15) is 30.8 Å². The fourth-order valence-electron chi connectivity index (χ4n) is 2.02. The Balaban J connectivity index is 2.06. The van der Waals surface area contributed by atoms with Gasteiger partial charge in [-0.2, -0.15) is 0 Å². The van der Waals surface area contributed by atoms with Crippen molar-refractivity contribution in [2.75, 3.05) is 6.54 Å². The summed E-state index contributed by atoms with van der Waals surface area (Å²) in [7, 11) is 0. The number of hydrogen-bond donors (Lipinski definition) is 2. The summed E-state index contributed by atoms with van der Waals surface area (Å²) < 4.78 is 12.8. The maximum atomic E-state index is 12.8. The van der Waals surface area contributed by atoms with Crippen molar-refractivity contribution in [3.63, 3.8) is 0 Å². The van der Waals surface area contributed by atoms with E-state index in [2.05, 4.69) is 15.0 Å². The second-order valence-corrected chi connectivity index (χ2v) is 4.62. The van der Waals surface area contributed by atoms with E-state index in [0.717, 1.165) is 49.4 Å². The average molecular weight is 262 g/mol. The molecule has 0 aliphatic heterocycles. The van der Waals surface area contributed by atoms with Crippen LogP contribution in [0, 0.1) is 12.7 Å². The average Bonchev–Trinajstić information content (AvgIpc) is 2.77. The molecule has 0 spiro atoms. The Morgan fingerprint density at radius 2 is 2.11 bits per heavy atom. The van der Waals surface area contributed by atoms with Crippen LogP contribution in [0.25, 0.3) is 11.4 Å². The van der Waals surface area contributed by atoms with E-state index in [1.165, 1.54) is 12.3 Å². The van der Waals surface area contributed by atoms with Crippen LogP contribution in [0.15, 0.2) is 18.3 Å². The molecule has 0 atom stereocenters. The molecule has 4 nitrogen and oxygen atoms in total. The summed E-state index contributed by atoms with van der Waals surface area (Å²) in [5.41, 5.74) is 7.93. The summed E-state index contributed by atoms with van der Waals surface area (Å²) >= 11 is 0. The molecule has 0 aromatic carbocycles. The van der Waals surface area contributed by atoms with Crippen LogP contribution in [0.2, 0.25) is 0 Å². The number of H-pyrrole nitrogens is 1. The van der Waals surface area contributed by atoms with Crippen LogP contribution in [0.5, 0.6) is 0 Å². The summed E-state index contributed by atoms with van der Waals surface area (Å²) in [6.45, 7) is 2.69. The van der Waals surface area contributed by atoms with Gasteiger partial charge in [-0.25, -0.2) is 9.37 Å². The van der Waals surface area contributed by atoms with Crippen LogP contribution in [-0.4, -0.2) is 21.5 Å². The van der Waals surface area contributed by atoms with E-state index in [0.29, 0.717) is 5.69 Å². The number of hydrogen-bond acceptors (Lipinski definition) is 3. The lowest BCUT2D eigenvalue weighted by molar-refractivity contribution is 0.622. The molecule has 0 fully saturated rings. The molecule has 0 saturated heterocycles. The molecule has 3 N–H and O–H groups in total. The standard InChI is InChI=1S/C14H19FN4/c1-10-14(12-7-6-11(15)9-17-12)19-13(18-10)5-3-2-4-8-16/h6-7,9H,2-5,8,16H2,1H3,(H,18,19). The highest BCUT2D eigenvalue weighted by molar-refractivity contribution is 5.56. The molecule has 2 rings (SSSR count). The number of unbranched alkanes of at least 4 members (excludes halogenated alkanes) is 2. The molecular weight excluding hydrogens is 243 g/mol. The normalized spacial score (nSPS) is 10.9. The van der Waals surface area contributed by atoms with Gasteiger partial charge in [0.2, 0.25) is 0 Å². The number of nitrogens with two attached hydrogens (primary N) is 1. The Kier molecular flexibility index (Phi) is 4.63. The molecule has 0 unspecified atom stereocenters. The topological polar surface area (TPSA) is 67.6 Å². The van der Waals surface area contributed by atoms with Crippen LogP contribution >= 0.6 is 0 Å². The highest BCUT2D eigenvalue weighted by atomic mass is 19.1. The lowest BCUT2D eigenvalue weighted by Crippen LogP contribution is -1.98. The molecule has 0 aliphatic rings. The second kappa shape index (κ2) is 6.43. The van der Waals surface area contributed by atoms with Gasteiger partial charge in [-0.15, -0.1) is 0 Å². The molecule has 0 aliphatic carbocycles. The third kappa shape index (κ3) is 3.61. The fraction of sp³-hybridized carbons (Fsp3) is 0.429. The van der Waals surface area contributed by atoms with E-state index >= 15 is 0 Å². The Morgan fingerprint density at radius 3 is 2.79 bits per heavy atom. The molecule has 5 heteroatoms. The molecule has 0 radical (unpaired) electrons. The molecule has 102 valence electrons. The maximum Gasteiger partial charge on any atom is 0.141 e. The van der Waals surface area contributed by atoms with Crippen molar-refractivity contribution in [3.8, 4) is 11.4 Å². The van der Waals surface area contributed by atoms with Crippen molar-refractivity contribution in [1.82, 2.24) is 15.0 Å². The number of aromatic nitrogens is 3. The van der Waals surface area contributed by atoms with Crippen molar-refractivity contribution in [2.45, 2.75) is 32.6 Å². The van der Waals surface area contributed by atoms with Gasteiger partial charge in [0, 0.05) is 12.1 Å². The van der Waals surface area contributed by atoms with Gasteiger partial charge >= 0.3 is 0 Å². The van der Waals surface area contributed by atoms with Crippen molar-refractivity contribution in [2.24, 2.45) is 5.73 Å². The number of rotatable bonds is 6. The lowest BCUT2D eigenvalue weighted by Gasteiger charge is -1.97. The number of pyridine rings is 1. The smallest absolute Gasteiger partial charge is 0.141 e. The van der Waals surface area contributed by atoms with E-state index in [1.54, 1.807) is 6.07 Å². The number of halogens is 1. The van der Waals surface area contributed by atoms with E-state index in [1.807, 2.05) is 6.92 Å². The summed E-state index contributed by atoms with van der Waals surface area (Å²) in [5, 5.41) is 0. The summed E-state index contributed by atoms with van der Waals surface area (Å²) in [6, 6.07) is 3.05. The van der Waals surface area contributed by atoms with Gasteiger partial charge in [-0.05, 0) is 38.4 Å². The maximum absolute atomic E-state index is 12.8. The summed E-state index contributed by atoms with van der Waals surface area (Å²) in [4.78, 5) is 11.9. The van der Waals surface area contributed by atoms with Gasteiger partial charge in [0.05, 0.1) is 11.9 Å². The van der Waals surface area contributed by atoms with E-state index in [-0.39, 0.29) is 5.82 Å². The van der Waals surface area contributed by atoms with Gasteiger partial charge in [0.1, 0.15) is 17.3 Å². The van der Waals surface area contributed by atoms with Crippen LogP contribution in [-0.2, 0) is 6.42 Å². The Labute approximate surface area is 112 Å². The first-order valence-electron chi connectivity index (χ1n) is 6.58. The Morgan fingerprint density at radius 1 is 1.26 bits per heavy atom. The second-order valence-electron chi connectivity index (χ2n) is 4.62. The Hall–Kier alpha value is -1.75. The molecule has 0 saturated carbocycles. The summed E-state index contributed by atoms with van der Waals surface area (Å²) in [6.07, 6.45) is 5.35. The first-order chi connectivity index (χ1) is 9.20. The monoisotopic (exact) mass is 262 g/mol. The Bertz CT molecular complexity index is 519. The zero-order valence-corrected chi connectivity index (χ0v) is 11.1. The lowest BCUT2D eigenvalue weighted by atomic mass is 10.2. The molecule has 19 heavy (non-hydrogen) atoms. The zero-order valence-electron chi connectivity index (χ0n) is 11.1. The van der Waals surface area contributed by atoms with Crippen molar-refractivity contribution >= 4 is 0 Å². The predicted octanol–water partition coefficient (Wildman–Crippen LogP) is 2.59. The van der Waals surface area contributed by atoms with Gasteiger partial charge < -0.3 is 10.7 Å². The third-order valence-electron chi connectivity index (χ3n) is 3.02. The number of aryl methyl sites for hydroxylation is 2. The largest absolute Gasteiger partial charge is 0.346 e. The zero-order chi connectivity index (χ0) is 13.7. The quantitative estimate of drug-likeness (QED) is 0.786. The van der Waals surface area contributed by atoms with Gasteiger partial charge in [0.25, 0.3) is 0 Å². The van der Waals surface area contributed by atoms with Crippen molar-refractivity contribution in [1.29, 1.82) is 0 Å². The van der Waals surface area contributed by atoms with Crippen LogP contribution in [0.3, 0.4) is 0 Å². The molecule has 2 aromatic rings. The third-order valence-corrected chi connectivity index (χ3v) is 3.02. The van der Waals surface area contributed by atoms with Gasteiger partial charge in [0.15, 0.2) is 0 Å². The minimum absolute atomic E-state index is 0.334. The summed E-state index contributed by atoms with van der Waals surface area (Å²) in [5.74, 6) is 0.620. The molecule has 2 heterocycles. The van der Waals surface area contributed by atoms with Crippen molar-refractivity contribution < 1.29 is 4.39 Å². The molecule has 2 aromatic heterocycles. The van der Waals surface area contributed by atoms with Crippen LogP contribution < -0.4 is 5.73 Å². The number of imidazole rings is 1. The predicted molar refractivity (Wildman–Crippen MR) is 73.1 cm³/mol. The fourth-order valence-corrected chi connectivity index (χ4v) is 2.02. The van der Waals surface area contributed by atoms with E-state index in [4.69, 9.17) is 5.73 Å². The number of nitrogens with one attached hydrogen (secondary N) is 1. The SMILES string of the molecule is Cc1[nH]c(CCCCCN)nc1-c1ccc(F)cn1. The highest BCUT2D eigenvalue weighted by Gasteiger charge is 2.10. The first-order valence-corrected chi connectivity index (χ1v) is 6.58. The number of nitrogens with zero attached hydrogens (tertiary/aromatic N) is 2. The highest BCUT2D eigenvalue weighted by Crippen LogP contribution is 2.19. The first kappa shape index (κ1) is 13.7. The van der Waals surface area contributed by atoms with Gasteiger partial charge in [-0.3, -0.25) is 4.98 Å². The minimum Gasteiger partial charge on any atom is -0.346 e. The molecule has 0 bridgehead atoms. The van der Waals surface area contributed by atoms with Crippen LogP contribution in [0.4, 0.5) is 4.39 Å². The number of aromatic amines is 1. The molecular formula is C14H19FN4. The molecule has 0 amide bonds. The van der Waals surface area contributed by atoms with Gasteiger partial charge in [-0.1, -0.05) is 6.42 Å². The minimum atomic E-state index is -0.334.